The lowest BCUT2D eigenvalue weighted by Gasteiger charge is -2.05. The van der Waals surface area contributed by atoms with Gasteiger partial charge in [0.1, 0.15) is 16.9 Å². The number of hydrogen-bond acceptors (Lipinski definition) is 6. The minimum atomic E-state index is -0.737. The number of rotatable bonds is 4. The van der Waals surface area contributed by atoms with E-state index in [4.69, 9.17) is 14.9 Å². The molecule has 0 saturated heterocycles. The molecule has 2 aromatic heterocycles. The summed E-state index contributed by atoms with van der Waals surface area (Å²) in [6, 6.07) is 15.8. The fourth-order valence-electron chi connectivity index (χ4n) is 2.86. The third-order valence-electron chi connectivity index (χ3n) is 4.33. The van der Waals surface area contributed by atoms with E-state index in [2.05, 4.69) is 15.5 Å². The van der Waals surface area contributed by atoms with Crippen LogP contribution in [-0.2, 0) is 0 Å². The highest BCUT2D eigenvalue weighted by Crippen LogP contribution is 2.20. The number of benzene rings is 2. The van der Waals surface area contributed by atoms with Gasteiger partial charge in [0.25, 0.3) is 11.8 Å². The molecule has 0 fully saturated rings. The van der Waals surface area contributed by atoms with Gasteiger partial charge in [0.2, 0.25) is 5.55 Å². The molecule has 0 radical (unpaired) electrons. The Labute approximate surface area is 164 Å². The van der Waals surface area contributed by atoms with Crippen molar-refractivity contribution in [2.45, 2.75) is 0 Å². The van der Waals surface area contributed by atoms with Gasteiger partial charge in [-0.05, 0) is 36.4 Å². The van der Waals surface area contributed by atoms with E-state index in [0.29, 0.717) is 22.3 Å². The SMILES string of the molecule is COc1ccc2oc(=NNC(=O)c3cnc4ccccc4c3)c(C(N)=O)cc2c1. The number of hydrogen-bond donors (Lipinski definition) is 2. The van der Waals surface area contributed by atoms with Gasteiger partial charge >= 0.3 is 0 Å². The standard InChI is InChI=1S/C21H16N4O4/c1-28-15-6-7-18-13(9-15)10-16(19(22)26)21(29-18)25-24-20(27)14-8-12-4-2-3-5-17(12)23-11-14/h2-11H,1H3,(H2,22,26)(H,24,27). The van der Waals surface area contributed by atoms with Gasteiger partial charge in [0.05, 0.1) is 18.2 Å². The zero-order valence-electron chi connectivity index (χ0n) is 15.4. The van der Waals surface area contributed by atoms with Gasteiger partial charge in [-0.1, -0.05) is 18.2 Å². The number of primary amides is 1. The molecule has 0 unspecified atom stereocenters. The van der Waals surface area contributed by atoms with Crippen molar-refractivity contribution in [3.8, 4) is 5.75 Å². The van der Waals surface area contributed by atoms with Crippen LogP contribution in [0.4, 0.5) is 0 Å². The summed E-state index contributed by atoms with van der Waals surface area (Å²) in [6.07, 6.45) is 1.45. The predicted octanol–water partition coefficient (Wildman–Crippen LogP) is 2.33. The number of amides is 2. The molecule has 29 heavy (non-hydrogen) atoms. The van der Waals surface area contributed by atoms with Crippen molar-refractivity contribution in [1.82, 2.24) is 10.4 Å². The largest absolute Gasteiger partial charge is 0.497 e. The minimum Gasteiger partial charge on any atom is -0.497 e. The summed E-state index contributed by atoms with van der Waals surface area (Å²) in [4.78, 5) is 28.5. The number of ether oxygens (including phenoxy) is 1. The topological polar surface area (TPSA) is 120 Å². The van der Waals surface area contributed by atoms with Crippen LogP contribution in [0, 0.1) is 0 Å². The van der Waals surface area contributed by atoms with Crippen molar-refractivity contribution >= 4 is 33.7 Å². The Bertz CT molecular complexity index is 1330. The van der Waals surface area contributed by atoms with Crippen LogP contribution in [0.5, 0.6) is 5.75 Å². The van der Waals surface area contributed by atoms with Crippen LogP contribution >= 0.6 is 0 Å². The van der Waals surface area contributed by atoms with E-state index in [9.17, 15) is 9.59 Å². The summed E-state index contributed by atoms with van der Waals surface area (Å²) in [5.41, 5.74) is 9.30. The van der Waals surface area contributed by atoms with Gasteiger partial charge < -0.3 is 14.9 Å². The lowest BCUT2D eigenvalue weighted by Crippen LogP contribution is -2.27. The number of pyridine rings is 1. The van der Waals surface area contributed by atoms with Gasteiger partial charge in [0.15, 0.2) is 0 Å². The Morgan fingerprint density at radius 2 is 1.93 bits per heavy atom. The van der Waals surface area contributed by atoms with E-state index >= 15 is 0 Å². The highest BCUT2D eigenvalue weighted by Gasteiger charge is 2.12. The minimum absolute atomic E-state index is 0.0303. The van der Waals surface area contributed by atoms with Crippen LogP contribution in [0.1, 0.15) is 20.7 Å². The Balaban J connectivity index is 1.71. The second-order valence-electron chi connectivity index (χ2n) is 6.20. The molecule has 3 N–H and O–H groups in total. The maximum atomic E-state index is 12.5. The third-order valence-corrected chi connectivity index (χ3v) is 4.33. The first-order valence-corrected chi connectivity index (χ1v) is 8.66. The van der Waals surface area contributed by atoms with E-state index in [1.54, 1.807) is 24.3 Å². The van der Waals surface area contributed by atoms with Crippen LogP contribution < -0.4 is 21.5 Å². The number of aromatic nitrogens is 1. The van der Waals surface area contributed by atoms with Crippen molar-refractivity contribution in [2.75, 3.05) is 7.11 Å². The van der Waals surface area contributed by atoms with Crippen LogP contribution in [0.25, 0.3) is 21.9 Å². The molecule has 0 aliphatic rings. The number of carbonyl (C=O) groups is 2. The van der Waals surface area contributed by atoms with Gasteiger partial charge in [0, 0.05) is 17.0 Å². The molecule has 2 aromatic carbocycles. The lowest BCUT2D eigenvalue weighted by atomic mass is 10.1. The highest BCUT2D eigenvalue weighted by molar-refractivity contribution is 5.97. The normalized spacial score (nSPS) is 11.6. The average molecular weight is 388 g/mol. The Kier molecular flexibility index (Phi) is 4.66. The maximum Gasteiger partial charge on any atom is 0.273 e. The zero-order valence-corrected chi connectivity index (χ0v) is 15.4. The summed E-state index contributed by atoms with van der Waals surface area (Å²) < 4.78 is 10.8. The van der Waals surface area contributed by atoms with E-state index in [1.165, 1.54) is 19.4 Å². The van der Waals surface area contributed by atoms with Crippen molar-refractivity contribution < 1.29 is 18.7 Å². The van der Waals surface area contributed by atoms with Crippen molar-refractivity contribution in [1.29, 1.82) is 0 Å². The molecule has 0 atom stereocenters. The number of nitrogens with zero attached hydrogens (tertiary/aromatic N) is 2. The smallest absolute Gasteiger partial charge is 0.273 e. The first-order valence-electron chi connectivity index (χ1n) is 8.66. The molecular formula is C21H16N4O4. The number of nitrogens with one attached hydrogen (secondary N) is 1. The second-order valence-corrected chi connectivity index (χ2v) is 6.20. The molecule has 8 nitrogen and oxygen atoms in total. The van der Waals surface area contributed by atoms with E-state index in [-0.39, 0.29) is 11.1 Å². The van der Waals surface area contributed by atoms with Gasteiger partial charge in [-0.2, -0.15) is 0 Å². The molecule has 8 heteroatoms. The van der Waals surface area contributed by atoms with E-state index < -0.39 is 11.8 Å². The summed E-state index contributed by atoms with van der Waals surface area (Å²) >= 11 is 0. The fourth-order valence-corrected chi connectivity index (χ4v) is 2.86. The Hall–Kier alpha value is -4.20. The molecule has 0 saturated carbocycles. The van der Waals surface area contributed by atoms with Crippen LogP contribution in [0.2, 0.25) is 0 Å². The Morgan fingerprint density at radius 3 is 2.72 bits per heavy atom. The summed E-state index contributed by atoms with van der Waals surface area (Å²) in [7, 11) is 1.54. The number of nitrogens with two attached hydrogens (primary N) is 1. The van der Waals surface area contributed by atoms with Crippen LogP contribution in [0.3, 0.4) is 0 Å². The summed E-state index contributed by atoms with van der Waals surface area (Å²) in [5.74, 6) is -0.632. The lowest BCUT2D eigenvalue weighted by molar-refractivity contribution is 0.0946. The molecule has 0 spiro atoms. The number of carbonyl (C=O) groups excluding carboxylic acids is 2. The molecule has 144 valence electrons. The molecule has 0 aliphatic heterocycles. The molecule has 4 aromatic rings. The molecule has 0 bridgehead atoms. The third kappa shape index (κ3) is 3.63. The van der Waals surface area contributed by atoms with Gasteiger partial charge in [-0.3, -0.25) is 14.6 Å². The predicted molar refractivity (Wildman–Crippen MR) is 106 cm³/mol. The molecular weight excluding hydrogens is 372 g/mol. The van der Waals surface area contributed by atoms with Crippen molar-refractivity contribution in [2.24, 2.45) is 10.8 Å². The van der Waals surface area contributed by atoms with E-state index in [0.717, 1.165) is 10.9 Å². The number of methoxy groups -OCH3 is 1. The number of para-hydroxylation sites is 1. The van der Waals surface area contributed by atoms with Crippen molar-refractivity contribution in [3.63, 3.8) is 0 Å². The zero-order chi connectivity index (χ0) is 20.4. The maximum absolute atomic E-state index is 12.5. The molecule has 4 rings (SSSR count). The van der Waals surface area contributed by atoms with Crippen LogP contribution in [-0.4, -0.2) is 23.9 Å². The average Bonchev–Trinajstić information content (AvgIpc) is 2.75. The molecule has 2 heterocycles. The fraction of sp³-hybridized carbons (Fsp3) is 0.0476. The van der Waals surface area contributed by atoms with E-state index in [1.807, 2.05) is 24.3 Å². The Morgan fingerprint density at radius 1 is 1.10 bits per heavy atom. The second kappa shape index (κ2) is 7.43. The van der Waals surface area contributed by atoms with Gasteiger partial charge in [-0.25, -0.2) is 5.43 Å². The van der Waals surface area contributed by atoms with Gasteiger partial charge in [-0.15, -0.1) is 5.10 Å². The summed E-state index contributed by atoms with van der Waals surface area (Å²) in [5, 5.41) is 5.39. The monoisotopic (exact) mass is 388 g/mol. The van der Waals surface area contributed by atoms with Crippen molar-refractivity contribution in [3.05, 3.63) is 77.5 Å². The van der Waals surface area contributed by atoms with Crippen LogP contribution in [0.15, 0.2) is 70.3 Å². The number of fused-ring (bicyclic) bond motifs is 2. The molecule has 2 amide bonds. The first kappa shape index (κ1) is 18.2. The molecule has 0 aliphatic carbocycles. The highest BCUT2D eigenvalue weighted by atomic mass is 16.5. The summed E-state index contributed by atoms with van der Waals surface area (Å²) in [6.45, 7) is 0. The first-order chi connectivity index (χ1) is 14.0. The quantitative estimate of drug-likeness (QED) is 0.520.